The van der Waals surface area contributed by atoms with Crippen molar-refractivity contribution in [3.63, 3.8) is 0 Å². The first-order chi connectivity index (χ1) is 9.74. The molecule has 1 aromatic carbocycles. The van der Waals surface area contributed by atoms with E-state index in [0.717, 1.165) is 0 Å². The maximum atomic E-state index is 8.67. The van der Waals surface area contributed by atoms with Crippen LogP contribution in [-0.4, -0.2) is 15.8 Å². The lowest BCUT2D eigenvalue weighted by molar-refractivity contribution is 0.272. The molecule has 0 aliphatic heterocycles. The van der Waals surface area contributed by atoms with Gasteiger partial charge in [-0.2, -0.15) is 0 Å². The molecule has 0 amide bonds. The quantitative estimate of drug-likeness (QED) is 0.654. The summed E-state index contributed by atoms with van der Waals surface area (Å²) in [5.74, 6) is 1.45. The molecule has 2 aromatic rings. The van der Waals surface area contributed by atoms with Gasteiger partial charge in [0.15, 0.2) is 5.75 Å². The highest BCUT2D eigenvalue weighted by molar-refractivity contribution is 7.78. The molecule has 104 valence electrons. The Labute approximate surface area is 122 Å². The Kier molecular flexibility index (Phi) is 4.74. The normalized spacial score (nSPS) is 9.85. The van der Waals surface area contributed by atoms with Gasteiger partial charge in [0.05, 0.1) is 12.2 Å². The SMILES string of the molecule is CCOc1cccc(OC#N)c1COc1ccn(S)n1. The minimum Gasteiger partial charge on any atom is -0.493 e. The van der Waals surface area contributed by atoms with Crippen LogP contribution in [0.4, 0.5) is 0 Å². The molecule has 0 unspecified atom stereocenters. The Hall–Kier alpha value is -2.33. The Morgan fingerprint density at radius 2 is 2.10 bits per heavy atom. The Morgan fingerprint density at radius 1 is 1.30 bits per heavy atom. The van der Waals surface area contributed by atoms with E-state index < -0.39 is 0 Å². The maximum absolute atomic E-state index is 8.67. The summed E-state index contributed by atoms with van der Waals surface area (Å²) in [5, 5.41) is 12.7. The highest BCUT2D eigenvalue weighted by Gasteiger charge is 2.12. The number of nitriles is 1. The standard InChI is InChI=1S/C13H13N3O3S/c1-2-17-11-4-3-5-12(19-9-14)10(11)8-18-13-6-7-16(20)15-13/h3-7,20H,2,8H2,1H3. The first-order valence-corrected chi connectivity index (χ1v) is 6.33. The van der Waals surface area contributed by atoms with E-state index >= 15 is 0 Å². The number of benzene rings is 1. The molecule has 7 heteroatoms. The van der Waals surface area contributed by atoms with Gasteiger partial charge in [-0.25, -0.2) is 4.09 Å². The summed E-state index contributed by atoms with van der Waals surface area (Å²) in [6.45, 7) is 2.57. The van der Waals surface area contributed by atoms with Crippen molar-refractivity contribution in [3.8, 4) is 23.6 Å². The molecule has 0 atom stereocenters. The van der Waals surface area contributed by atoms with Crippen molar-refractivity contribution in [2.75, 3.05) is 6.61 Å². The van der Waals surface area contributed by atoms with Crippen LogP contribution in [0, 0.1) is 11.5 Å². The monoisotopic (exact) mass is 291 g/mol. The molecule has 0 spiro atoms. The summed E-state index contributed by atoms with van der Waals surface area (Å²) >= 11 is 4.03. The van der Waals surface area contributed by atoms with Crippen LogP contribution in [-0.2, 0) is 6.61 Å². The first kappa shape index (κ1) is 14.1. The number of thiol groups is 1. The number of nitrogens with zero attached hydrogens (tertiary/aromatic N) is 3. The number of ether oxygens (including phenoxy) is 3. The summed E-state index contributed by atoms with van der Waals surface area (Å²) in [5.41, 5.74) is 0.657. The Bertz CT molecular complexity index is 622. The van der Waals surface area contributed by atoms with Crippen molar-refractivity contribution in [2.24, 2.45) is 0 Å². The minimum absolute atomic E-state index is 0.179. The van der Waals surface area contributed by atoms with Crippen LogP contribution in [0.2, 0.25) is 0 Å². The third kappa shape index (κ3) is 3.36. The fraction of sp³-hybridized carbons (Fsp3) is 0.231. The van der Waals surface area contributed by atoms with Crippen LogP contribution in [0.15, 0.2) is 30.5 Å². The Balaban J connectivity index is 2.20. The van der Waals surface area contributed by atoms with Gasteiger partial charge in [-0.3, -0.25) is 0 Å². The van der Waals surface area contributed by atoms with E-state index in [0.29, 0.717) is 29.5 Å². The molecule has 2 rings (SSSR count). The topological polar surface area (TPSA) is 69.3 Å². The summed E-state index contributed by atoms with van der Waals surface area (Å²) < 4.78 is 17.3. The van der Waals surface area contributed by atoms with Gasteiger partial charge in [0.1, 0.15) is 12.4 Å². The highest BCUT2D eigenvalue weighted by atomic mass is 32.1. The zero-order valence-corrected chi connectivity index (χ0v) is 11.7. The van der Waals surface area contributed by atoms with Gasteiger partial charge < -0.3 is 14.2 Å². The molecule has 0 N–H and O–H groups in total. The molecule has 0 fully saturated rings. The van der Waals surface area contributed by atoms with Crippen LogP contribution < -0.4 is 14.2 Å². The van der Waals surface area contributed by atoms with Crippen molar-refractivity contribution in [3.05, 3.63) is 36.0 Å². The maximum Gasteiger partial charge on any atom is 0.292 e. The van der Waals surface area contributed by atoms with Gasteiger partial charge in [-0.05, 0) is 31.9 Å². The summed E-state index contributed by atoms with van der Waals surface area (Å²) in [7, 11) is 0. The second-order valence-corrected chi connectivity index (χ2v) is 4.13. The molecule has 0 saturated carbocycles. The van der Waals surface area contributed by atoms with Crippen LogP contribution in [0.3, 0.4) is 0 Å². The zero-order valence-electron chi connectivity index (χ0n) is 10.8. The molecule has 20 heavy (non-hydrogen) atoms. The lowest BCUT2D eigenvalue weighted by Crippen LogP contribution is -2.03. The van der Waals surface area contributed by atoms with E-state index in [2.05, 4.69) is 17.9 Å². The first-order valence-electron chi connectivity index (χ1n) is 5.93. The van der Waals surface area contributed by atoms with Crippen molar-refractivity contribution in [1.29, 1.82) is 5.26 Å². The fourth-order valence-electron chi connectivity index (χ4n) is 1.64. The van der Waals surface area contributed by atoms with Gasteiger partial charge in [-0.15, -0.1) is 10.4 Å². The molecule has 1 aromatic heterocycles. The predicted octanol–water partition coefficient (Wildman–Crippen LogP) is 2.41. The molecule has 1 heterocycles. The molecule has 0 bridgehead atoms. The summed E-state index contributed by atoms with van der Waals surface area (Å²) in [6, 6.07) is 6.91. The minimum atomic E-state index is 0.179. The molecule has 0 radical (unpaired) electrons. The zero-order chi connectivity index (χ0) is 14.4. The number of rotatable bonds is 6. The van der Waals surface area contributed by atoms with Gasteiger partial charge >= 0.3 is 0 Å². The van der Waals surface area contributed by atoms with Crippen molar-refractivity contribution < 1.29 is 14.2 Å². The van der Waals surface area contributed by atoms with Crippen molar-refractivity contribution in [2.45, 2.75) is 13.5 Å². The number of hydrogen-bond acceptors (Lipinski definition) is 6. The average molecular weight is 291 g/mol. The van der Waals surface area contributed by atoms with Gasteiger partial charge in [0.25, 0.3) is 6.26 Å². The lowest BCUT2D eigenvalue weighted by Gasteiger charge is -2.12. The Morgan fingerprint density at radius 3 is 2.75 bits per heavy atom. The lowest BCUT2D eigenvalue weighted by atomic mass is 10.2. The second kappa shape index (κ2) is 6.73. The van der Waals surface area contributed by atoms with Gasteiger partial charge in [0, 0.05) is 12.3 Å². The second-order valence-electron chi connectivity index (χ2n) is 3.72. The molecule has 6 nitrogen and oxygen atoms in total. The third-order valence-electron chi connectivity index (χ3n) is 2.46. The predicted molar refractivity (Wildman–Crippen MR) is 74.8 cm³/mol. The molecule has 0 aliphatic carbocycles. The van der Waals surface area contributed by atoms with Crippen LogP contribution >= 0.6 is 12.8 Å². The largest absolute Gasteiger partial charge is 0.493 e. The smallest absolute Gasteiger partial charge is 0.292 e. The van der Waals surface area contributed by atoms with Crippen LogP contribution in [0.5, 0.6) is 17.4 Å². The van der Waals surface area contributed by atoms with E-state index in [1.165, 1.54) is 4.09 Å². The molecular weight excluding hydrogens is 278 g/mol. The van der Waals surface area contributed by atoms with E-state index in [1.807, 2.05) is 6.92 Å². The van der Waals surface area contributed by atoms with Gasteiger partial charge in [-0.1, -0.05) is 6.07 Å². The summed E-state index contributed by atoms with van der Waals surface area (Å²) in [6.07, 6.45) is 3.31. The fourth-order valence-corrected chi connectivity index (χ4v) is 1.80. The van der Waals surface area contributed by atoms with Gasteiger partial charge in [0.2, 0.25) is 5.88 Å². The van der Waals surface area contributed by atoms with Crippen LogP contribution in [0.1, 0.15) is 12.5 Å². The van der Waals surface area contributed by atoms with E-state index in [-0.39, 0.29) is 6.61 Å². The number of hydrogen-bond donors (Lipinski definition) is 1. The molecule has 0 saturated heterocycles. The molecule has 0 aliphatic rings. The van der Waals surface area contributed by atoms with Crippen molar-refractivity contribution >= 4 is 12.8 Å². The van der Waals surface area contributed by atoms with Crippen molar-refractivity contribution in [1.82, 2.24) is 9.19 Å². The van der Waals surface area contributed by atoms with E-state index in [9.17, 15) is 0 Å². The van der Waals surface area contributed by atoms with E-state index in [4.69, 9.17) is 19.5 Å². The van der Waals surface area contributed by atoms with E-state index in [1.54, 1.807) is 36.7 Å². The average Bonchev–Trinajstić information content (AvgIpc) is 2.84. The highest BCUT2D eigenvalue weighted by Crippen LogP contribution is 2.29. The van der Waals surface area contributed by atoms with Crippen LogP contribution in [0.25, 0.3) is 0 Å². The number of aromatic nitrogens is 2. The molecular formula is C13H13N3O3S. The summed E-state index contributed by atoms with van der Waals surface area (Å²) in [4.78, 5) is 0. The third-order valence-corrected chi connectivity index (χ3v) is 2.68.